The number of nitrogens with one attached hydrogen (secondary N) is 1. The molecule has 12 heavy (non-hydrogen) atoms. The molecule has 1 N–H and O–H groups in total. The van der Waals surface area contributed by atoms with Gasteiger partial charge in [-0.15, -0.1) is 0 Å². The second kappa shape index (κ2) is 3.19. The Morgan fingerprint density at radius 3 is 2.75 bits per heavy atom. The average Bonchev–Trinajstić information content (AvgIpc) is 2.54. The van der Waals surface area contributed by atoms with Crippen molar-refractivity contribution in [3.63, 3.8) is 0 Å². The Morgan fingerprint density at radius 1 is 1.42 bits per heavy atom. The molecular weight excluding hydrogens is 168 g/mol. The lowest BCUT2D eigenvalue weighted by atomic mass is 10.2. The number of pyridine rings is 1. The normalized spacial score (nSPS) is 21.8. The van der Waals surface area contributed by atoms with Crippen LogP contribution in [-0.2, 0) is 0 Å². The summed E-state index contributed by atoms with van der Waals surface area (Å²) in [6, 6.07) is 4.05. The van der Waals surface area contributed by atoms with Crippen LogP contribution in [0.3, 0.4) is 0 Å². The lowest BCUT2D eigenvalue weighted by Gasteiger charge is -2.01. The fraction of sp³-hybridized carbons (Fsp3) is 0.222. The fourth-order valence-electron chi connectivity index (χ4n) is 1.12. The molecule has 2 heterocycles. The third-order valence-corrected chi connectivity index (χ3v) is 2.81. The minimum absolute atomic E-state index is 0.494. The summed E-state index contributed by atoms with van der Waals surface area (Å²) in [5, 5.41) is 3.74. The van der Waals surface area contributed by atoms with E-state index >= 15 is 0 Å². The van der Waals surface area contributed by atoms with Gasteiger partial charge in [0.25, 0.3) is 0 Å². The van der Waals surface area contributed by atoms with Crippen molar-refractivity contribution in [2.24, 2.45) is 0 Å². The Kier molecular flexibility index (Phi) is 2.04. The summed E-state index contributed by atoms with van der Waals surface area (Å²) in [5.74, 6) is 0. The van der Waals surface area contributed by atoms with E-state index in [0.29, 0.717) is 5.37 Å². The lowest BCUT2D eigenvalue weighted by molar-refractivity contribution is 0.875. The van der Waals surface area contributed by atoms with E-state index in [1.807, 2.05) is 36.3 Å². The van der Waals surface area contributed by atoms with Crippen molar-refractivity contribution < 1.29 is 0 Å². The van der Waals surface area contributed by atoms with Gasteiger partial charge in [-0.2, -0.15) is 0 Å². The molecule has 0 fully saturated rings. The summed E-state index contributed by atoms with van der Waals surface area (Å²) in [6.07, 6.45) is 5.70. The maximum Gasteiger partial charge on any atom is 0.0736 e. The zero-order valence-corrected chi connectivity index (χ0v) is 7.64. The highest BCUT2D eigenvalue weighted by molar-refractivity contribution is 8.09. The maximum absolute atomic E-state index is 3.98. The summed E-state index contributed by atoms with van der Waals surface area (Å²) in [5.41, 5.74) is 1.24. The maximum atomic E-state index is 3.98. The third-order valence-electron chi connectivity index (χ3n) is 1.72. The van der Waals surface area contributed by atoms with Gasteiger partial charge in [0, 0.05) is 23.5 Å². The molecule has 0 saturated carbocycles. The molecule has 2 rings (SSSR count). The van der Waals surface area contributed by atoms with E-state index in [1.54, 1.807) is 0 Å². The van der Waals surface area contributed by atoms with Gasteiger partial charge in [-0.25, -0.2) is 0 Å². The highest BCUT2D eigenvalue weighted by Crippen LogP contribution is 2.33. The average molecular weight is 178 g/mol. The van der Waals surface area contributed by atoms with Gasteiger partial charge in [0.15, 0.2) is 0 Å². The molecule has 62 valence electrons. The van der Waals surface area contributed by atoms with E-state index in [9.17, 15) is 0 Å². The van der Waals surface area contributed by atoms with Gasteiger partial charge in [-0.3, -0.25) is 4.98 Å². The number of thioether (sulfide) groups is 1. The van der Waals surface area contributed by atoms with Gasteiger partial charge in [-0.1, -0.05) is 11.8 Å². The molecule has 0 spiro atoms. The number of aromatic nitrogens is 1. The Balaban J connectivity index is 2.22. The number of nitrogens with zero attached hydrogens (tertiary/aromatic N) is 1. The van der Waals surface area contributed by atoms with Gasteiger partial charge >= 0.3 is 0 Å². The zero-order chi connectivity index (χ0) is 8.39. The number of hydrogen-bond acceptors (Lipinski definition) is 3. The molecule has 0 radical (unpaired) electrons. The van der Waals surface area contributed by atoms with Crippen LogP contribution in [0.15, 0.2) is 30.7 Å². The smallest absolute Gasteiger partial charge is 0.0736 e. The summed E-state index contributed by atoms with van der Waals surface area (Å²) < 4.78 is 0. The summed E-state index contributed by atoms with van der Waals surface area (Å²) in [4.78, 5) is 5.28. The van der Waals surface area contributed by atoms with Crippen molar-refractivity contribution in [1.82, 2.24) is 10.3 Å². The predicted octanol–water partition coefficient (Wildman–Crippen LogP) is 2.06. The lowest BCUT2D eigenvalue weighted by Crippen LogP contribution is -2.09. The molecule has 0 amide bonds. The largest absolute Gasteiger partial charge is 0.378 e. The molecule has 0 saturated heterocycles. The number of hydrogen-bond donors (Lipinski definition) is 1. The van der Waals surface area contributed by atoms with Crippen LogP contribution in [0.5, 0.6) is 0 Å². The van der Waals surface area contributed by atoms with Gasteiger partial charge < -0.3 is 5.32 Å². The van der Waals surface area contributed by atoms with Crippen LogP contribution in [0, 0.1) is 0 Å². The first-order valence-electron chi connectivity index (χ1n) is 3.89. The topological polar surface area (TPSA) is 24.9 Å². The molecule has 1 aromatic heterocycles. The molecule has 1 aromatic rings. The standard InChI is InChI=1S/C9H10N2S/c1-7-11-6-9(12-7)8-2-4-10-5-3-8/h2-7,11H,1H3. The molecule has 2 nitrogen and oxygen atoms in total. The van der Waals surface area contributed by atoms with Crippen LogP contribution >= 0.6 is 11.8 Å². The van der Waals surface area contributed by atoms with Crippen molar-refractivity contribution in [2.45, 2.75) is 12.3 Å². The van der Waals surface area contributed by atoms with E-state index in [0.717, 1.165) is 0 Å². The predicted molar refractivity (Wildman–Crippen MR) is 52.4 cm³/mol. The van der Waals surface area contributed by atoms with E-state index in [4.69, 9.17) is 0 Å². The third kappa shape index (κ3) is 1.46. The van der Waals surface area contributed by atoms with Gasteiger partial charge in [-0.05, 0) is 24.6 Å². The second-order valence-electron chi connectivity index (χ2n) is 2.67. The van der Waals surface area contributed by atoms with Crippen LogP contribution < -0.4 is 5.32 Å². The minimum atomic E-state index is 0.494. The Bertz CT molecular complexity index is 295. The van der Waals surface area contributed by atoms with Crippen LogP contribution in [0.25, 0.3) is 4.91 Å². The zero-order valence-electron chi connectivity index (χ0n) is 6.82. The monoisotopic (exact) mass is 178 g/mol. The fourth-order valence-corrected chi connectivity index (χ4v) is 2.04. The summed E-state index contributed by atoms with van der Waals surface area (Å²) in [6.45, 7) is 2.15. The highest BCUT2D eigenvalue weighted by Gasteiger charge is 2.12. The van der Waals surface area contributed by atoms with E-state index in [1.165, 1.54) is 10.5 Å². The van der Waals surface area contributed by atoms with Crippen LogP contribution in [-0.4, -0.2) is 10.4 Å². The quantitative estimate of drug-likeness (QED) is 0.712. The molecule has 1 unspecified atom stereocenters. The van der Waals surface area contributed by atoms with Crippen molar-refractivity contribution in [3.05, 3.63) is 36.3 Å². The SMILES string of the molecule is CC1NC=C(c2ccncc2)S1. The van der Waals surface area contributed by atoms with Crippen LogP contribution in [0.1, 0.15) is 12.5 Å². The Labute approximate surface area is 76.1 Å². The first-order chi connectivity index (χ1) is 5.86. The molecule has 0 bridgehead atoms. The van der Waals surface area contributed by atoms with Crippen LogP contribution in [0.2, 0.25) is 0 Å². The first kappa shape index (κ1) is 7.68. The first-order valence-corrected chi connectivity index (χ1v) is 4.77. The van der Waals surface area contributed by atoms with E-state index in [2.05, 4.69) is 23.4 Å². The molecular formula is C9H10N2S. The van der Waals surface area contributed by atoms with Crippen LogP contribution in [0.4, 0.5) is 0 Å². The highest BCUT2D eigenvalue weighted by atomic mass is 32.2. The Hall–Kier alpha value is -0.960. The molecule has 0 aliphatic carbocycles. The molecule has 1 atom stereocenters. The molecule has 0 aromatic carbocycles. The molecule has 1 aliphatic heterocycles. The van der Waals surface area contributed by atoms with Crippen molar-refractivity contribution in [3.8, 4) is 0 Å². The number of rotatable bonds is 1. The van der Waals surface area contributed by atoms with Gasteiger partial charge in [0.1, 0.15) is 0 Å². The van der Waals surface area contributed by atoms with E-state index in [-0.39, 0.29) is 0 Å². The minimum Gasteiger partial charge on any atom is -0.378 e. The second-order valence-corrected chi connectivity index (χ2v) is 4.05. The molecule has 1 aliphatic rings. The molecule has 3 heteroatoms. The van der Waals surface area contributed by atoms with Crippen molar-refractivity contribution >= 4 is 16.7 Å². The van der Waals surface area contributed by atoms with Crippen molar-refractivity contribution in [2.75, 3.05) is 0 Å². The van der Waals surface area contributed by atoms with Crippen molar-refractivity contribution in [1.29, 1.82) is 0 Å². The van der Waals surface area contributed by atoms with E-state index < -0.39 is 0 Å². The summed E-state index contributed by atoms with van der Waals surface area (Å²) in [7, 11) is 0. The summed E-state index contributed by atoms with van der Waals surface area (Å²) >= 11 is 1.84. The van der Waals surface area contributed by atoms with Gasteiger partial charge in [0.05, 0.1) is 5.37 Å². The Morgan fingerprint density at radius 2 is 2.17 bits per heavy atom. The van der Waals surface area contributed by atoms with Gasteiger partial charge in [0.2, 0.25) is 0 Å².